The first-order chi connectivity index (χ1) is 10.1. The maximum atomic E-state index is 12.7. The van der Waals surface area contributed by atoms with Crippen molar-refractivity contribution in [2.75, 3.05) is 13.7 Å². The summed E-state index contributed by atoms with van der Waals surface area (Å²) in [6, 6.07) is 3.39. The Labute approximate surface area is 131 Å². The van der Waals surface area contributed by atoms with Gasteiger partial charge in [-0.1, -0.05) is 23.7 Å². The van der Waals surface area contributed by atoms with E-state index in [1.165, 1.54) is 31.3 Å². The highest BCUT2D eigenvalue weighted by molar-refractivity contribution is 6.30. The maximum absolute atomic E-state index is 12.7. The molecule has 8 heteroatoms. The predicted molar refractivity (Wildman–Crippen MR) is 77.7 cm³/mol. The van der Waals surface area contributed by atoms with E-state index in [-0.39, 0.29) is 6.61 Å². The van der Waals surface area contributed by atoms with E-state index in [1.54, 1.807) is 6.92 Å². The second kappa shape index (κ2) is 7.69. The topological polar surface area (TPSA) is 52.6 Å². The summed E-state index contributed by atoms with van der Waals surface area (Å²) < 4.78 is 38.1. The van der Waals surface area contributed by atoms with Crippen LogP contribution < -0.4 is 5.32 Å². The van der Waals surface area contributed by atoms with Crippen molar-refractivity contribution in [3.05, 3.63) is 34.9 Å². The molecule has 0 aliphatic heterocycles. The monoisotopic (exact) mass is 338 g/mol. The van der Waals surface area contributed by atoms with Gasteiger partial charge in [-0.25, -0.2) is 4.79 Å². The van der Waals surface area contributed by atoms with Crippen molar-refractivity contribution in [1.29, 1.82) is 0 Å². The van der Waals surface area contributed by atoms with Gasteiger partial charge in [0.2, 0.25) is 0 Å². The number of amides is 2. The minimum absolute atomic E-state index is 0.283. The molecule has 1 rings (SSSR count). The lowest BCUT2D eigenvalue weighted by Crippen LogP contribution is -2.45. The fourth-order valence-electron chi connectivity index (χ4n) is 1.75. The molecule has 1 aromatic carbocycles. The zero-order valence-corrected chi connectivity index (χ0v) is 12.9. The number of nitrogens with one attached hydrogen (secondary N) is 1. The number of alkyl halides is 3. The highest BCUT2D eigenvalue weighted by Gasteiger charge is 2.34. The summed E-state index contributed by atoms with van der Waals surface area (Å²) in [5.74, 6) is 0. The summed E-state index contributed by atoms with van der Waals surface area (Å²) >= 11 is 5.72. The Balaban J connectivity index is 2.91. The number of carbonyl (C=O) groups excluding carboxylic acids is 1. The molecule has 1 aromatic rings. The smallest absolute Gasteiger partial charge is 0.391 e. The van der Waals surface area contributed by atoms with Crippen LogP contribution in [0.4, 0.5) is 18.0 Å². The van der Waals surface area contributed by atoms with Crippen molar-refractivity contribution in [3.63, 3.8) is 0 Å². The number of aliphatic hydroxyl groups excluding tert-OH is 1. The number of urea groups is 1. The standard InChI is InChI=1S/C14H18ClF3N2O2/c1-9(8-21)20(2)13(22)19-12(7-14(16,17)18)10-3-5-11(15)6-4-10/h3-6,9,12,21H,7-8H2,1-2H3,(H,19,22). The van der Waals surface area contributed by atoms with E-state index < -0.39 is 30.7 Å². The molecule has 0 saturated heterocycles. The highest BCUT2D eigenvalue weighted by Crippen LogP contribution is 2.30. The van der Waals surface area contributed by atoms with Crippen molar-refractivity contribution in [2.24, 2.45) is 0 Å². The average Bonchev–Trinajstić information content (AvgIpc) is 2.44. The van der Waals surface area contributed by atoms with E-state index >= 15 is 0 Å². The summed E-state index contributed by atoms with van der Waals surface area (Å²) in [4.78, 5) is 13.1. The van der Waals surface area contributed by atoms with Crippen LogP contribution in [-0.4, -0.2) is 41.9 Å². The van der Waals surface area contributed by atoms with Crippen LogP contribution in [0.2, 0.25) is 5.02 Å². The summed E-state index contributed by atoms with van der Waals surface area (Å²) in [5.41, 5.74) is 0.306. The van der Waals surface area contributed by atoms with Gasteiger partial charge in [-0.15, -0.1) is 0 Å². The fourth-order valence-corrected chi connectivity index (χ4v) is 1.88. The average molecular weight is 339 g/mol. The lowest BCUT2D eigenvalue weighted by atomic mass is 10.0. The maximum Gasteiger partial charge on any atom is 0.391 e. The molecule has 2 amide bonds. The van der Waals surface area contributed by atoms with Gasteiger partial charge in [0.05, 0.1) is 25.1 Å². The minimum Gasteiger partial charge on any atom is -0.394 e. The van der Waals surface area contributed by atoms with Gasteiger partial charge >= 0.3 is 12.2 Å². The Morgan fingerprint density at radius 1 is 1.36 bits per heavy atom. The molecule has 0 spiro atoms. The van der Waals surface area contributed by atoms with E-state index in [0.29, 0.717) is 10.6 Å². The molecule has 124 valence electrons. The van der Waals surface area contributed by atoms with Crippen LogP contribution in [0.5, 0.6) is 0 Å². The molecule has 0 saturated carbocycles. The van der Waals surface area contributed by atoms with E-state index in [0.717, 1.165) is 4.90 Å². The molecule has 0 fully saturated rings. The number of likely N-dealkylation sites (N-methyl/N-ethyl adjacent to an activating group) is 1. The molecule has 22 heavy (non-hydrogen) atoms. The largest absolute Gasteiger partial charge is 0.394 e. The minimum atomic E-state index is -4.43. The van der Waals surface area contributed by atoms with Crippen LogP contribution in [0.1, 0.15) is 24.9 Å². The first-order valence-electron chi connectivity index (χ1n) is 6.60. The summed E-state index contributed by atoms with van der Waals surface area (Å²) in [6.07, 6.45) is -5.62. The first-order valence-corrected chi connectivity index (χ1v) is 6.98. The van der Waals surface area contributed by atoms with Gasteiger partial charge in [0.15, 0.2) is 0 Å². The molecule has 2 atom stereocenters. The zero-order chi connectivity index (χ0) is 16.9. The Morgan fingerprint density at radius 2 is 1.91 bits per heavy atom. The normalized spacial score (nSPS) is 14.3. The number of halogens is 4. The van der Waals surface area contributed by atoms with E-state index in [4.69, 9.17) is 16.7 Å². The van der Waals surface area contributed by atoms with Crippen molar-refractivity contribution >= 4 is 17.6 Å². The van der Waals surface area contributed by atoms with Gasteiger partial charge in [-0.3, -0.25) is 0 Å². The quantitative estimate of drug-likeness (QED) is 0.865. The number of rotatable bonds is 5. The van der Waals surface area contributed by atoms with Gasteiger partial charge in [-0.2, -0.15) is 13.2 Å². The Kier molecular flexibility index (Phi) is 6.49. The molecular weight excluding hydrogens is 321 g/mol. The van der Waals surface area contributed by atoms with E-state index in [9.17, 15) is 18.0 Å². The first kappa shape index (κ1) is 18.6. The van der Waals surface area contributed by atoms with Crippen molar-refractivity contribution in [1.82, 2.24) is 10.2 Å². The van der Waals surface area contributed by atoms with Crippen LogP contribution in [0, 0.1) is 0 Å². The van der Waals surface area contributed by atoms with Gasteiger partial charge in [0.1, 0.15) is 0 Å². The Morgan fingerprint density at radius 3 is 2.36 bits per heavy atom. The van der Waals surface area contributed by atoms with Crippen molar-refractivity contribution in [2.45, 2.75) is 31.6 Å². The number of carbonyl (C=O) groups is 1. The zero-order valence-electron chi connectivity index (χ0n) is 12.2. The molecule has 2 unspecified atom stereocenters. The third-order valence-electron chi connectivity index (χ3n) is 3.25. The van der Waals surface area contributed by atoms with Crippen molar-refractivity contribution in [3.8, 4) is 0 Å². The third-order valence-corrected chi connectivity index (χ3v) is 3.50. The van der Waals surface area contributed by atoms with Crippen LogP contribution in [0.15, 0.2) is 24.3 Å². The molecule has 0 aliphatic rings. The predicted octanol–water partition coefficient (Wildman–Crippen LogP) is 3.36. The lowest BCUT2D eigenvalue weighted by molar-refractivity contribution is -0.139. The van der Waals surface area contributed by atoms with Gasteiger partial charge < -0.3 is 15.3 Å². The molecular formula is C14H18ClF3N2O2. The van der Waals surface area contributed by atoms with Gasteiger partial charge in [0.25, 0.3) is 0 Å². The SMILES string of the molecule is CC(CO)N(C)C(=O)NC(CC(F)(F)F)c1ccc(Cl)cc1. The highest BCUT2D eigenvalue weighted by atomic mass is 35.5. The second-order valence-electron chi connectivity index (χ2n) is 5.02. The third kappa shape index (κ3) is 5.73. The molecule has 4 nitrogen and oxygen atoms in total. The van der Waals surface area contributed by atoms with Gasteiger partial charge in [0, 0.05) is 12.1 Å². The number of nitrogens with zero attached hydrogens (tertiary/aromatic N) is 1. The van der Waals surface area contributed by atoms with Crippen LogP contribution in [0.25, 0.3) is 0 Å². The lowest BCUT2D eigenvalue weighted by Gasteiger charge is -2.27. The molecule has 2 N–H and O–H groups in total. The molecule has 0 heterocycles. The van der Waals surface area contributed by atoms with Crippen LogP contribution in [0.3, 0.4) is 0 Å². The van der Waals surface area contributed by atoms with E-state index in [1.807, 2.05) is 0 Å². The second-order valence-corrected chi connectivity index (χ2v) is 5.45. The Bertz CT molecular complexity index is 494. The number of benzene rings is 1. The summed E-state index contributed by atoms with van der Waals surface area (Å²) in [6.45, 7) is 1.30. The molecule has 0 aliphatic carbocycles. The van der Waals surface area contributed by atoms with Gasteiger partial charge in [-0.05, 0) is 24.6 Å². The Hall–Kier alpha value is -1.47. The summed E-state index contributed by atoms with van der Waals surface area (Å²) in [7, 11) is 1.41. The van der Waals surface area contributed by atoms with Crippen LogP contribution in [-0.2, 0) is 0 Å². The fraction of sp³-hybridized carbons (Fsp3) is 0.500. The molecule has 0 radical (unpaired) electrons. The molecule has 0 bridgehead atoms. The van der Waals surface area contributed by atoms with Crippen molar-refractivity contribution < 1.29 is 23.1 Å². The molecule has 0 aromatic heterocycles. The van der Waals surface area contributed by atoms with E-state index in [2.05, 4.69) is 5.32 Å². The number of aliphatic hydroxyl groups is 1. The number of hydrogen-bond acceptors (Lipinski definition) is 2. The number of hydrogen-bond donors (Lipinski definition) is 2. The van der Waals surface area contributed by atoms with Crippen LogP contribution >= 0.6 is 11.6 Å². The summed E-state index contributed by atoms with van der Waals surface area (Å²) in [5, 5.41) is 11.7.